The Morgan fingerprint density at radius 3 is 2.02 bits per heavy atom. The summed E-state index contributed by atoms with van der Waals surface area (Å²) in [6.07, 6.45) is -0.482. The van der Waals surface area contributed by atoms with E-state index in [1.165, 1.54) is 16.2 Å². The third-order valence-electron chi connectivity index (χ3n) is 8.72. The highest BCUT2D eigenvalue weighted by atomic mass is 16.3. The lowest BCUT2D eigenvalue weighted by Gasteiger charge is -2.23. The molecular formula is C41H27N3O. The monoisotopic (exact) mass is 577 g/mol. The molecule has 1 N–H and O–H groups in total. The molecule has 2 heterocycles. The lowest BCUT2D eigenvalue weighted by molar-refractivity contribution is 0.667. The van der Waals surface area contributed by atoms with Crippen LogP contribution in [0.5, 0.6) is 0 Å². The van der Waals surface area contributed by atoms with Gasteiger partial charge in [0.1, 0.15) is 22.8 Å². The molecule has 4 nitrogen and oxygen atoms in total. The van der Waals surface area contributed by atoms with Crippen molar-refractivity contribution in [3.05, 3.63) is 168 Å². The van der Waals surface area contributed by atoms with E-state index in [1.807, 2.05) is 30.3 Å². The van der Waals surface area contributed by atoms with Gasteiger partial charge in [-0.1, -0.05) is 133 Å². The van der Waals surface area contributed by atoms with Gasteiger partial charge in [0.05, 0.1) is 0 Å². The molecule has 0 spiro atoms. The molecule has 0 saturated carbocycles. The van der Waals surface area contributed by atoms with Crippen LogP contribution in [-0.4, -0.2) is 11.7 Å². The van der Waals surface area contributed by atoms with Crippen LogP contribution in [-0.2, 0) is 0 Å². The van der Waals surface area contributed by atoms with Crippen molar-refractivity contribution in [2.24, 2.45) is 9.98 Å². The number of hydrogen-bond acceptors (Lipinski definition) is 4. The Labute approximate surface area is 260 Å². The fraction of sp³-hybridized carbons (Fsp3) is 0.0244. The molecule has 0 radical (unpaired) electrons. The third-order valence-corrected chi connectivity index (χ3v) is 8.72. The number of benzene rings is 7. The number of rotatable bonds is 4. The van der Waals surface area contributed by atoms with E-state index >= 15 is 0 Å². The highest BCUT2D eigenvalue weighted by molar-refractivity contribution is 6.20. The number of hydrogen-bond donors (Lipinski definition) is 1. The Morgan fingerprint density at radius 1 is 0.467 bits per heavy atom. The topological polar surface area (TPSA) is 49.9 Å². The minimum Gasteiger partial charge on any atom is -0.456 e. The van der Waals surface area contributed by atoms with Crippen LogP contribution in [0.4, 0.5) is 0 Å². The molecule has 0 saturated heterocycles. The average Bonchev–Trinajstić information content (AvgIpc) is 3.51. The fourth-order valence-corrected chi connectivity index (χ4v) is 6.61. The van der Waals surface area contributed by atoms with Crippen molar-refractivity contribution in [2.45, 2.75) is 6.17 Å². The number of furan rings is 1. The van der Waals surface area contributed by atoms with Gasteiger partial charge in [-0.2, -0.15) is 0 Å². The Bertz CT molecular complexity index is 2470. The van der Waals surface area contributed by atoms with E-state index in [4.69, 9.17) is 14.4 Å². The maximum absolute atomic E-state index is 6.50. The summed E-state index contributed by atoms with van der Waals surface area (Å²) in [4.78, 5) is 10.5. The smallest absolute Gasteiger partial charge is 0.170 e. The molecule has 0 aliphatic carbocycles. The van der Waals surface area contributed by atoms with Crippen molar-refractivity contribution < 1.29 is 4.42 Å². The van der Waals surface area contributed by atoms with E-state index in [2.05, 4.69) is 127 Å². The van der Waals surface area contributed by atoms with Crippen LogP contribution in [0.25, 0.3) is 54.6 Å². The van der Waals surface area contributed by atoms with Crippen molar-refractivity contribution in [1.82, 2.24) is 5.32 Å². The molecule has 7 aromatic carbocycles. The zero-order chi connectivity index (χ0) is 29.7. The quantitative estimate of drug-likeness (QED) is 0.226. The normalized spacial score (nSPS) is 14.9. The van der Waals surface area contributed by atoms with Gasteiger partial charge in [-0.05, 0) is 50.9 Å². The molecule has 1 atom stereocenters. The van der Waals surface area contributed by atoms with Crippen LogP contribution in [0.1, 0.15) is 22.9 Å². The average molecular weight is 578 g/mol. The summed E-state index contributed by atoms with van der Waals surface area (Å²) in [5, 5.41) is 10.5. The molecule has 4 heteroatoms. The summed E-state index contributed by atoms with van der Waals surface area (Å²) < 4.78 is 6.50. The van der Waals surface area contributed by atoms with Crippen molar-refractivity contribution in [3.63, 3.8) is 0 Å². The lowest BCUT2D eigenvalue weighted by Crippen LogP contribution is -2.36. The Balaban J connectivity index is 1.29. The van der Waals surface area contributed by atoms with E-state index in [0.717, 1.165) is 66.8 Å². The largest absolute Gasteiger partial charge is 0.456 e. The first-order chi connectivity index (χ1) is 22.3. The second kappa shape index (κ2) is 10.3. The molecule has 0 bridgehead atoms. The van der Waals surface area contributed by atoms with E-state index < -0.39 is 6.17 Å². The zero-order valence-electron chi connectivity index (χ0n) is 24.3. The molecular weight excluding hydrogens is 550 g/mol. The molecule has 45 heavy (non-hydrogen) atoms. The SMILES string of the molecule is c1ccc(C2=NC(c3cccc4oc5cccc(-c6ccc7ccccc7c6)c5c34)N=C(c3cccc4ccccc34)N2)cc1. The second-order valence-electron chi connectivity index (χ2n) is 11.4. The summed E-state index contributed by atoms with van der Waals surface area (Å²) in [6, 6.07) is 52.7. The lowest BCUT2D eigenvalue weighted by atomic mass is 9.95. The standard InChI is InChI=1S/C41H27N3O/c1-2-13-28(14-3-1)39-42-40(33-19-8-16-27-12-6-7-17-31(27)33)44-41(43-39)34-20-10-22-36-38(34)37-32(18-9-21-35(37)45-36)30-24-23-26-11-4-5-15-29(26)25-30/h1-25,41H,(H,42,43,44). The van der Waals surface area contributed by atoms with Gasteiger partial charge >= 0.3 is 0 Å². The van der Waals surface area contributed by atoms with Crippen molar-refractivity contribution in [2.75, 3.05) is 0 Å². The van der Waals surface area contributed by atoms with Gasteiger partial charge in [0.25, 0.3) is 0 Å². The van der Waals surface area contributed by atoms with Crippen molar-refractivity contribution >= 4 is 55.2 Å². The predicted molar refractivity (Wildman–Crippen MR) is 186 cm³/mol. The summed E-state index contributed by atoms with van der Waals surface area (Å²) in [7, 11) is 0. The Morgan fingerprint density at radius 2 is 1.13 bits per heavy atom. The summed E-state index contributed by atoms with van der Waals surface area (Å²) in [5.41, 5.74) is 7.01. The molecule has 9 rings (SSSR count). The van der Waals surface area contributed by atoms with E-state index in [1.54, 1.807) is 0 Å². The molecule has 212 valence electrons. The molecule has 1 aliphatic rings. The minimum atomic E-state index is -0.482. The highest BCUT2D eigenvalue weighted by Gasteiger charge is 2.25. The van der Waals surface area contributed by atoms with Crippen LogP contribution >= 0.6 is 0 Å². The molecule has 1 unspecified atom stereocenters. The first kappa shape index (κ1) is 25.5. The molecule has 0 amide bonds. The van der Waals surface area contributed by atoms with Gasteiger partial charge in [-0.3, -0.25) is 0 Å². The van der Waals surface area contributed by atoms with Gasteiger partial charge in [-0.15, -0.1) is 0 Å². The van der Waals surface area contributed by atoms with E-state index in [-0.39, 0.29) is 0 Å². The van der Waals surface area contributed by atoms with E-state index in [0.29, 0.717) is 0 Å². The number of nitrogens with zero attached hydrogens (tertiary/aromatic N) is 2. The summed E-state index contributed by atoms with van der Waals surface area (Å²) >= 11 is 0. The molecule has 0 fully saturated rings. The van der Waals surface area contributed by atoms with Crippen LogP contribution < -0.4 is 5.32 Å². The van der Waals surface area contributed by atoms with Gasteiger partial charge < -0.3 is 9.73 Å². The Hall–Kier alpha value is -6.00. The second-order valence-corrected chi connectivity index (χ2v) is 11.4. The fourth-order valence-electron chi connectivity index (χ4n) is 6.61. The van der Waals surface area contributed by atoms with Gasteiger partial charge in [-0.25, -0.2) is 9.98 Å². The predicted octanol–water partition coefficient (Wildman–Crippen LogP) is 10.1. The number of fused-ring (bicyclic) bond motifs is 5. The van der Waals surface area contributed by atoms with Crippen molar-refractivity contribution in [1.29, 1.82) is 0 Å². The van der Waals surface area contributed by atoms with Gasteiger partial charge in [0, 0.05) is 27.5 Å². The highest BCUT2D eigenvalue weighted by Crippen LogP contribution is 2.42. The summed E-state index contributed by atoms with van der Waals surface area (Å²) in [6.45, 7) is 0. The van der Waals surface area contributed by atoms with Crippen molar-refractivity contribution in [3.8, 4) is 11.1 Å². The molecule has 1 aromatic heterocycles. The first-order valence-corrected chi connectivity index (χ1v) is 15.2. The summed E-state index contributed by atoms with van der Waals surface area (Å²) in [5.74, 6) is 1.59. The number of amidine groups is 2. The number of aliphatic imine (C=N–C) groups is 2. The van der Waals surface area contributed by atoms with E-state index in [9.17, 15) is 0 Å². The van der Waals surface area contributed by atoms with Crippen LogP contribution in [0.15, 0.2) is 166 Å². The maximum atomic E-state index is 6.50. The molecule has 1 aliphatic heterocycles. The van der Waals surface area contributed by atoms with Crippen LogP contribution in [0.2, 0.25) is 0 Å². The Kier molecular flexibility index (Phi) is 5.85. The van der Waals surface area contributed by atoms with Crippen LogP contribution in [0.3, 0.4) is 0 Å². The number of nitrogens with one attached hydrogen (secondary N) is 1. The van der Waals surface area contributed by atoms with Gasteiger partial charge in [0.15, 0.2) is 6.17 Å². The zero-order valence-corrected chi connectivity index (χ0v) is 24.3. The van der Waals surface area contributed by atoms with Gasteiger partial charge in [0.2, 0.25) is 0 Å². The first-order valence-electron chi connectivity index (χ1n) is 15.2. The third kappa shape index (κ3) is 4.30. The van der Waals surface area contributed by atoms with Crippen LogP contribution in [0, 0.1) is 0 Å². The minimum absolute atomic E-state index is 0.482. The maximum Gasteiger partial charge on any atom is 0.170 e. The molecule has 8 aromatic rings.